The summed E-state index contributed by atoms with van der Waals surface area (Å²) in [5, 5.41) is 5.59. The van der Waals surface area contributed by atoms with Gasteiger partial charge in [0, 0.05) is 11.1 Å². The number of carbonyl (C=O) groups excluding carboxylic acids is 1. The van der Waals surface area contributed by atoms with Crippen LogP contribution in [0, 0.1) is 6.92 Å². The number of furan rings is 1. The van der Waals surface area contributed by atoms with Crippen LogP contribution in [0.15, 0.2) is 46.2 Å². The summed E-state index contributed by atoms with van der Waals surface area (Å²) in [4.78, 5) is 16.4. The molecule has 0 bridgehead atoms. The summed E-state index contributed by atoms with van der Waals surface area (Å²) in [7, 11) is 1.58. The Kier molecular flexibility index (Phi) is 5.35. The molecule has 25 heavy (non-hydrogen) atoms. The fourth-order valence-electron chi connectivity index (χ4n) is 2.19. The second-order valence-corrected chi connectivity index (χ2v) is 6.21. The van der Waals surface area contributed by atoms with Crippen molar-refractivity contribution in [1.29, 1.82) is 0 Å². The molecule has 0 saturated heterocycles. The van der Waals surface area contributed by atoms with Gasteiger partial charge in [-0.1, -0.05) is 12.1 Å². The quantitative estimate of drug-likeness (QED) is 0.699. The van der Waals surface area contributed by atoms with Crippen molar-refractivity contribution in [2.45, 2.75) is 20.1 Å². The summed E-state index contributed by atoms with van der Waals surface area (Å²) >= 11 is 1.51. The molecule has 0 saturated carbocycles. The first kappa shape index (κ1) is 17.0. The van der Waals surface area contributed by atoms with Crippen LogP contribution in [0.2, 0.25) is 0 Å². The van der Waals surface area contributed by atoms with Crippen molar-refractivity contribution < 1.29 is 18.7 Å². The van der Waals surface area contributed by atoms with Gasteiger partial charge in [0.2, 0.25) is 0 Å². The molecule has 2 aromatic heterocycles. The minimum absolute atomic E-state index is 0.208. The largest absolute Gasteiger partial charge is 0.493 e. The van der Waals surface area contributed by atoms with Crippen LogP contribution in [-0.2, 0) is 13.2 Å². The van der Waals surface area contributed by atoms with Crippen molar-refractivity contribution in [3.8, 4) is 11.5 Å². The Morgan fingerprint density at radius 2 is 2.04 bits per heavy atom. The highest BCUT2D eigenvalue weighted by Crippen LogP contribution is 2.26. The van der Waals surface area contributed by atoms with Gasteiger partial charge in [0.15, 0.2) is 17.3 Å². The molecule has 0 atom stereocenters. The topological polar surface area (TPSA) is 73.6 Å². The molecule has 130 valence electrons. The first-order chi connectivity index (χ1) is 12.2. The SMILES string of the molecule is COc1ccccc1OCc1ccc(C(=O)NCc2nc(C)cs2)o1. The predicted molar refractivity (Wildman–Crippen MR) is 94.1 cm³/mol. The van der Waals surface area contributed by atoms with E-state index < -0.39 is 0 Å². The van der Waals surface area contributed by atoms with E-state index in [2.05, 4.69) is 10.3 Å². The van der Waals surface area contributed by atoms with Crippen LogP contribution < -0.4 is 14.8 Å². The van der Waals surface area contributed by atoms with E-state index in [1.807, 2.05) is 36.6 Å². The maximum atomic E-state index is 12.1. The number of methoxy groups -OCH3 is 1. The average molecular weight is 358 g/mol. The number of aryl methyl sites for hydroxylation is 1. The summed E-state index contributed by atoms with van der Waals surface area (Å²) in [6, 6.07) is 10.7. The van der Waals surface area contributed by atoms with Gasteiger partial charge in [0.25, 0.3) is 5.91 Å². The zero-order valence-corrected chi connectivity index (χ0v) is 14.8. The summed E-state index contributed by atoms with van der Waals surface area (Å²) < 4.78 is 16.4. The number of hydrogen-bond acceptors (Lipinski definition) is 6. The zero-order chi connectivity index (χ0) is 17.6. The lowest BCUT2D eigenvalue weighted by Gasteiger charge is -2.08. The van der Waals surface area contributed by atoms with Gasteiger partial charge in [-0.25, -0.2) is 4.98 Å². The molecule has 0 fully saturated rings. The molecule has 0 aliphatic carbocycles. The van der Waals surface area contributed by atoms with Crippen molar-refractivity contribution in [1.82, 2.24) is 10.3 Å². The first-order valence-corrected chi connectivity index (χ1v) is 8.57. The second kappa shape index (κ2) is 7.85. The van der Waals surface area contributed by atoms with Crippen LogP contribution in [0.25, 0.3) is 0 Å². The Bertz CT molecular complexity index is 856. The van der Waals surface area contributed by atoms with E-state index in [0.29, 0.717) is 23.8 Å². The van der Waals surface area contributed by atoms with Gasteiger partial charge in [0.05, 0.1) is 13.7 Å². The van der Waals surface area contributed by atoms with E-state index in [-0.39, 0.29) is 18.3 Å². The maximum Gasteiger partial charge on any atom is 0.287 e. The molecule has 1 amide bonds. The highest BCUT2D eigenvalue weighted by molar-refractivity contribution is 7.09. The van der Waals surface area contributed by atoms with Crippen LogP contribution in [0.1, 0.15) is 27.0 Å². The highest BCUT2D eigenvalue weighted by Gasteiger charge is 2.12. The first-order valence-electron chi connectivity index (χ1n) is 7.69. The molecule has 7 heteroatoms. The maximum absolute atomic E-state index is 12.1. The highest BCUT2D eigenvalue weighted by atomic mass is 32.1. The van der Waals surface area contributed by atoms with E-state index in [0.717, 1.165) is 10.7 Å². The lowest BCUT2D eigenvalue weighted by Crippen LogP contribution is -2.22. The summed E-state index contributed by atoms with van der Waals surface area (Å²) in [6.07, 6.45) is 0. The van der Waals surface area contributed by atoms with Gasteiger partial charge in [-0.3, -0.25) is 4.79 Å². The minimum Gasteiger partial charge on any atom is -0.493 e. The summed E-state index contributed by atoms with van der Waals surface area (Å²) in [6.45, 7) is 2.51. The molecular weight excluding hydrogens is 340 g/mol. The molecule has 0 spiro atoms. The third-order valence-corrected chi connectivity index (χ3v) is 4.36. The van der Waals surface area contributed by atoms with Crippen LogP contribution in [0.3, 0.4) is 0 Å². The van der Waals surface area contributed by atoms with E-state index >= 15 is 0 Å². The van der Waals surface area contributed by atoms with Gasteiger partial charge >= 0.3 is 0 Å². The fourth-order valence-corrected chi connectivity index (χ4v) is 2.90. The third kappa shape index (κ3) is 4.39. The Morgan fingerprint density at radius 3 is 2.76 bits per heavy atom. The number of carbonyl (C=O) groups is 1. The third-order valence-electron chi connectivity index (χ3n) is 3.39. The average Bonchev–Trinajstić information content (AvgIpc) is 3.27. The van der Waals surface area contributed by atoms with Gasteiger partial charge in [0.1, 0.15) is 17.4 Å². The van der Waals surface area contributed by atoms with Crippen molar-refractivity contribution in [3.63, 3.8) is 0 Å². The molecule has 2 heterocycles. The number of para-hydroxylation sites is 2. The molecule has 0 aliphatic rings. The Morgan fingerprint density at radius 1 is 1.24 bits per heavy atom. The van der Waals surface area contributed by atoms with Gasteiger partial charge in [-0.05, 0) is 31.2 Å². The Hall–Kier alpha value is -2.80. The van der Waals surface area contributed by atoms with Crippen molar-refractivity contribution in [2.24, 2.45) is 0 Å². The molecule has 6 nitrogen and oxygen atoms in total. The normalized spacial score (nSPS) is 10.5. The molecule has 0 unspecified atom stereocenters. The standard InChI is InChI=1S/C18H18N2O4S/c1-12-11-25-17(20-12)9-19-18(21)16-8-7-13(24-16)10-23-15-6-4-3-5-14(15)22-2/h3-8,11H,9-10H2,1-2H3,(H,19,21). The number of nitrogens with zero attached hydrogens (tertiary/aromatic N) is 1. The molecule has 1 aromatic carbocycles. The van der Waals surface area contributed by atoms with Gasteiger partial charge in [-0.2, -0.15) is 0 Å². The Balaban J connectivity index is 1.55. The van der Waals surface area contributed by atoms with E-state index in [1.165, 1.54) is 11.3 Å². The lowest BCUT2D eigenvalue weighted by molar-refractivity contribution is 0.0919. The van der Waals surface area contributed by atoms with Gasteiger partial charge in [-0.15, -0.1) is 11.3 Å². The summed E-state index contributed by atoms with van der Waals surface area (Å²) in [5.74, 6) is 1.78. The predicted octanol–water partition coefficient (Wildman–Crippen LogP) is 3.56. The number of aromatic nitrogens is 1. The van der Waals surface area contributed by atoms with Crippen LogP contribution in [0.4, 0.5) is 0 Å². The van der Waals surface area contributed by atoms with Crippen LogP contribution >= 0.6 is 11.3 Å². The summed E-state index contributed by atoms with van der Waals surface area (Å²) in [5.41, 5.74) is 0.947. The number of amides is 1. The fraction of sp³-hybridized carbons (Fsp3) is 0.222. The molecule has 3 aromatic rings. The molecule has 0 aliphatic heterocycles. The number of hydrogen-bond donors (Lipinski definition) is 1. The number of ether oxygens (including phenoxy) is 2. The van der Waals surface area contributed by atoms with Crippen molar-refractivity contribution in [3.05, 3.63) is 64.0 Å². The molecule has 1 N–H and O–H groups in total. The molecule has 3 rings (SSSR count). The van der Waals surface area contributed by atoms with Gasteiger partial charge < -0.3 is 19.2 Å². The van der Waals surface area contributed by atoms with Crippen molar-refractivity contribution in [2.75, 3.05) is 7.11 Å². The Labute approximate surface area is 149 Å². The van der Waals surface area contributed by atoms with Crippen molar-refractivity contribution >= 4 is 17.2 Å². The lowest BCUT2D eigenvalue weighted by atomic mass is 10.3. The van der Waals surface area contributed by atoms with E-state index in [1.54, 1.807) is 19.2 Å². The monoisotopic (exact) mass is 358 g/mol. The number of thiazole rings is 1. The molecular formula is C18H18N2O4S. The number of rotatable bonds is 7. The van der Waals surface area contributed by atoms with E-state index in [4.69, 9.17) is 13.9 Å². The van der Waals surface area contributed by atoms with Crippen LogP contribution in [-0.4, -0.2) is 18.0 Å². The number of nitrogens with one attached hydrogen (secondary N) is 1. The molecule has 0 radical (unpaired) electrons. The van der Waals surface area contributed by atoms with Crippen LogP contribution in [0.5, 0.6) is 11.5 Å². The zero-order valence-electron chi connectivity index (χ0n) is 13.9. The second-order valence-electron chi connectivity index (χ2n) is 5.27. The van der Waals surface area contributed by atoms with E-state index in [9.17, 15) is 4.79 Å². The number of benzene rings is 1. The minimum atomic E-state index is -0.281. The smallest absolute Gasteiger partial charge is 0.287 e.